The number of hydrogen-bond donors (Lipinski definition) is 1. The molecule has 122 valence electrons. The largest absolute Gasteiger partial charge is 0.372 e. The quantitative estimate of drug-likeness (QED) is 0.910. The van der Waals surface area contributed by atoms with Crippen LogP contribution in [0, 0.1) is 6.92 Å². The fourth-order valence-electron chi connectivity index (χ4n) is 3.01. The first-order valence-electron chi connectivity index (χ1n) is 7.96. The van der Waals surface area contributed by atoms with Gasteiger partial charge in [0.05, 0.1) is 24.1 Å². The van der Waals surface area contributed by atoms with Crippen LogP contribution in [0.5, 0.6) is 0 Å². The minimum absolute atomic E-state index is 0.0296. The first kappa shape index (κ1) is 15.5. The molecule has 0 aliphatic carbocycles. The molecular formula is C16H22N6O. The van der Waals surface area contributed by atoms with Crippen LogP contribution in [-0.2, 0) is 11.3 Å². The second-order valence-corrected chi connectivity index (χ2v) is 5.77. The predicted octanol–water partition coefficient (Wildman–Crippen LogP) is 1.78. The molecule has 3 heterocycles. The molecule has 0 bridgehead atoms. The Morgan fingerprint density at radius 1 is 1.43 bits per heavy atom. The number of likely N-dealkylation sites (tertiary alicyclic amines) is 1. The molecule has 0 radical (unpaired) electrons. The molecule has 0 unspecified atom stereocenters. The SMILES string of the molecule is CNc1cncc([C@@H]2CCCN2C(=O)CCn2nccc2C)n1. The summed E-state index contributed by atoms with van der Waals surface area (Å²) < 4.78 is 1.87. The van der Waals surface area contributed by atoms with Crippen molar-refractivity contribution >= 4 is 11.7 Å². The van der Waals surface area contributed by atoms with Crippen LogP contribution in [-0.4, -0.2) is 44.1 Å². The fourth-order valence-corrected chi connectivity index (χ4v) is 3.01. The summed E-state index contributed by atoms with van der Waals surface area (Å²) >= 11 is 0. The van der Waals surface area contributed by atoms with Crippen LogP contribution in [0.15, 0.2) is 24.7 Å². The monoisotopic (exact) mass is 314 g/mol. The molecule has 7 nitrogen and oxygen atoms in total. The molecule has 1 N–H and O–H groups in total. The number of aryl methyl sites for hydroxylation is 2. The summed E-state index contributed by atoms with van der Waals surface area (Å²) in [5.41, 5.74) is 1.93. The van der Waals surface area contributed by atoms with Crippen LogP contribution in [0.3, 0.4) is 0 Å². The summed E-state index contributed by atoms with van der Waals surface area (Å²) in [6.45, 7) is 3.39. The number of carbonyl (C=O) groups excluding carboxylic acids is 1. The first-order chi connectivity index (χ1) is 11.2. The smallest absolute Gasteiger partial charge is 0.225 e. The molecule has 0 saturated carbocycles. The van der Waals surface area contributed by atoms with Gasteiger partial charge in [-0.15, -0.1) is 0 Å². The third kappa shape index (κ3) is 3.33. The number of rotatable bonds is 5. The zero-order valence-electron chi connectivity index (χ0n) is 13.6. The molecule has 2 aromatic heterocycles. The van der Waals surface area contributed by atoms with Gasteiger partial charge in [-0.1, -0.05) is 0 Å². The molecule has 1 aliphatic rings. The van der Waals surface area contributed by atoms with Crippen molar-refractivity contribution in [3.05, 3.63) is 36.0 Å². The average molecular weight is 314 g/mol. The van der Waals surface area contributed by atoms with Gasteiger partial charge in [0.15, 0.2) is 0 Å². The van der Waals surface area contributed by atoms with Gasteiger partial charge in [-0.05, 0) is 25.8 Å². The van der Waals surface area contributed by atoms with Crippen molar-refractivity contribution in [1.82, 2.24) is 24.6 Å². The lowest BCUT2D eigenvalue weighted by Gasteiger charge is -2.24. The fraction of sp³-hybridized carbons (Fsp3) is 0.500. The van der Waals surface area contributed by atoms with Crippen LogP contribution in [0.2, 0.25) is 0 Å². The van der Waals surface area contributed by atoms with Crippen molar-refractivity contribution in [2.75, 3.05) is 18.9 Å². The maximum absolute atomic E-state index is 12.6. The second-order valence-electron chi connectivity index (χ2n) is 5.77. The summed E-state index contributed by atoms with van der Waals surface area (Å²) in [6, 6.07) is 1.98. The van der Waals surface area contributed by atoms with E-state index in [2.05, 4.69) is 20.4 Å². The molecule has 1 saturated heterocycles. The Hall–Kier alpha value is -2.44. The number of amides is 1. The highest BCUT2D eigenvalue weighted by Crippen LogP contribution is 2.31. The van der Waals surface area contributed by atoms with Gasteiger partial charge in [0.1, 0.15) is 5.82 Å². The third-order valence-corrected chi connectivity index (χ3v) is 4.29. The summed E-state index contributed by atoms with van der Waals surface area (Å²) in [7, 11) is 1.82. The minimum Gasteiger partial charge on any atom is -0.372 e. The molecule has 23 heavy (non-hydrogen) atoms. The Morgan fingerprint density at radius 2 is 2.30 bits per heavy atom. The highest BCUT2D eigenvalue weighted by atomic mass is 16.2. The number of nitrogens with zero attached hydrogens (tertiary/aromatic N) is 5. The van der Waals surface area contributed by atoms with Crippen LogP contribution < -0.4 is 5.32 Å². The zero-order valence-corrected chi connectivity index (χ0v) is 13.6. The Kier molecular flexibility index (Phi) is 4.55. The molecule has 2 aromatic rings. The number of hydrogen-bond acceptors (Lipinski definition) is 5. The van der Waals surface area contributed by atoms with Crippen LogP contribution in [0.1, 0.15) is 36.7 Å². The van der Waals surface area contributed by atoms with Crippen LogP contribution >= 0.6 is 0 Å². The standard InChI is InChI=1S/C16H22N6O/c1-12-5-7-19-22(12)9-6-16(23)21-8-3-4-14(21)13-10-18-11-15(17-2)20-13/h5,7,10-11,14H,3-4,6,8-9H2,1-2H3,(H,17,20)/t14-/m0/s1. The average Bonchev–Trinajstić information content (AvgIpc) is 3.21. The Balaban J connectivity index is 1.68. The van der Waals surface area contributed by atoms with Gasteiger partial charge in [-0.2, -0.15) is 5.10 Å². The van der Waals surface area contributed by atoms with Crippen molar-refractivity contribution in [3.63, 3.8) is 0 Å². The molecule has 1 aliphatic heterocycles. The number of anilines is 1. The lowest BCUT2D eigenvalue weighted by molar-refractivity contribution is -0.132. The number of carbonyl (C=O) groups is 1. The second kappa shape index (κ2) is 6.76. The number of aromatic nitrogens is 4. The van der Waals surface area contributed by atoms with Crippen molar-refractivity contribution in [1.29, 1.82) is 0 Å². The minimum atomic E-state index is 0.0296. The molecular weight excluding hydrogens is 292 g/mol. The third-order valence-electron chi connectivity index (χ3n) is 4.29. The van der Waals surface area contributed by atoms with Crippen molar-refractivity contribution in [3.8, 4) is 0 Å². The first-order valence-corrected chi connectivity index (χ1v) is 7.96. The Bertz CT molecular complexity index is 683. The molecule has 0 aromatic carbocycles. The van der Waals surface area contributed by atoms with Gasteiger partial charge in [0, 0.05) is 38.4 Å². The molecule has 1 amide bonds. The normalized spacial score (nSPS) is 17.5. The summed E-state index contributed by atoms with van der Waals surface area (Å²) in [5, 5.41) is 7.23. The van der Waals surface area contributed by atoms with E-state index in [1.165, 1.54) is 0 Å². The lowest BCUT2D eigenvalue weighted by Crippen LogP contribution is -2.31. The van der Waals surface area contributed by atoms with E-state index in [4.69, 9.17) is 0 Å². The summed E-state index contributed by atoms with van der Waals surface area (Å²) in [6.07, 6.45) is 7.60. The van der Waals surface area contributed by atoms with Crippen LogP contribution in [0.4, 0.5) is 5.82 Å². The molecule has 0 spiro atoms. The van der Waals surface area contributed by atoms with Crippen molar-refractivity contribution in [2.45, 2.75) is 38.8 Å². The maximum Gasteiger partial charge on any atom is 0.225 e. The summed E-state index contributed by atoms with van der Waals surface area (Å²) in [5.74, 6) is 0.882. The molecule has 1 atom stereocenters. The van der Waals surface area contributed by atoms with Gasteiger partial charge >= 0.3 is 0 Å². The Morgan fingerprint density at radius 3 is 3.04 bits per heavy atom. The lowest BCUT2D eigenvalue weighted by atomic mass is 10.1. The van der Waals surface area contributed by atoms with Gasteiger partial charge in [-0.25, -0.2) is 4.98 Å². The van der Waals surface area contributed by atoms with E-state index < -0.39 is 0 Å². The van der Waals surface area contributed by atoms with Crippen LogP contribution in [0.25, 0.3) is 0 Å². The number of nitrogens with one attached hydrogen (secondary N) is 1. The topological polar surface area (TPSA) is 75.9 Å². The molecule has 1 fully saturated rings. The molecule has 7 heteroatoms. The van der Waals surface area contributed by atoms with E-state index in [1.807, 2.05) is 29.6 Å². The van der Waals surface area contributed by atoms with Gasteiger partial charge in [0.2, 0.25) is 5.91 Å². The van der Waals surface area contributed by atoms with E-state index in [-0.39, 0.29) is 11.9 Å². The highest BCUT2D eigenvalue weighted by molar-refractivity contribution is 5.77. The van der Waals surface area contributed by atoms with E-state index in [0.29, 0.717) is 13.0 Å². The highest BCUT2D eigenvalue weighted by Gasteiger charge is 2.31. The predicted molar refractivity (Wildman–Crippen MR) is 86.8 cm³/mol. The van der Waals surface area contributed by atoms with E-state index in [9.17, 15) is 4.79 Å². The molecule has 3 rings (SSSR count). The summed E-state index contributed by atoms with van der Waals surface area (Å²) in [4.78, 5) is 23.3. The zero-order chi connectivity index (χ0) is 16.2. The van der Waals surface area contributed by atoms with E-state index >= 15 is 0 Å². The van der Waals surface area contributed by atoms with Gasteiger partial charge in [-0.3, -0.25) is 14.5 Å². The van der Waals surface area contributed by atoms with Gasteiger partial charge < -0.3 is 10.2 Å². The van der Waals surface area contributed by atoms with Gasteiger partial charge in [0.25, 0.3) is 0 Å². The maximum atomic E-state index is 12.6. The van der Waals surface area contributed by atoms with E-state index in [1.54, 1.807) is 18.6 Å². The van der Waals surface area contributed by atoms with E-state index in [0.717, 1.165) is 36.6 Å². The van der Waals surface area contributed by atoms with Crippen molar-refractivity contribution < 1.29 is 4.79 Å². The van der Waals surface area contributed by atoms with Crippen molar-refractivity contribution in [2.24, 2.45) is 0 Å². The Labute approximate surface area is 135 Å².